The van der Waals surface area contributed by atoms with Gasteiger partial charge in [-0.1, -0.05) is 72.4 Å². The van der Waals surface area contributed by atoms with Crippen molar-refractivity contribution in [3.8, 4) is 0 Å². The minimum absolute atomic E-state index is 0.0193. The second-order valence-electron chi connectivity index (χ2n) is 7.16. The maximum atomic E-state index is 13.0. The normalized spacial score (nSPS) is 12.6. The quantitative estimate of drug-likeness (QED) is 0.482. The average molecular weight is 406 g/mol. The minimum Gasteiger partial charge on any atom is -0.333 e. The first-order chi connectivity index (χ1) is 14.2. The van der Waals surface area contributed by atoms with Crippen molar-refractivity contribution < 1.29 is 4.79 Å². The van der Waals surface area contributed by atoms with Crippen LogP contribution in [0.15, 0.2) is 70.6 Å². The van der Waals surface area contributed by atoms with Gasteiger partial charge in [0.15, 0.2) is 5.16 Å². The zero-order chi connectivity index (χ0) is 20.1. The van der Waals surface area contributed by atoms with Gasteiger partial charge in [0.2, 0.25) is 5.91 Å². The summed E-state index contributed by atoms with van der Waals surface area (Å²) in [5, 5.41) is 0.531. The molecule has 0 radical (unpaired) electrons. The molecule has 29 heavy (non-hydrogen) atoms. The van der Waals surface area contributed by atoms with E-state index in [1.807, 2.05) is 65.6 Å². The number of rotatable bonds is 7. The first-order valence-electron chi connectivity index (χ1n) is 9.79. The molecule has 0 spiro atoms. The second-order valence-corrected chi connectivity index (χ2v) is 8.12. The van der Waals surface area contributed by atoms with Crippen LogP contribution in [0.2, 0.25) is 0 Å². The highest BCUT2D eigenvalue weighted by molar-refractivity contribution is 7.99. The van der Waals surface area contributed by atoms with Crippen LogP contribution in [-0.4, -0.2) is 26.5 Å². The lowest BCUT2D eigenvalue weighted by Crippen LogP contribution is -2.31. The minimum atomic E-state index is -0.0622. The van der Waals surface area contributed by atoms with Crippen LogP contribution < -0.4 is 5.56 Å². The average Bonchev–Trinajstić information content (AvgIpc) is 3.22. The van der Waals surface area contributed by atoms with E-state index in [1.54, 1.807) is 0 Å². The number of fused-ring (bicyclic) bond motifs is 1. The highest BCUT2D eigenvalue weighted by atomic mass is 32.2. The standard InChI is InChI=1S/C23H23N3O2S/c27-21(16-29-23-24-20-13-7-12-19(20)22(28)25-23)26(14-17-8-3-1-4-9-17)15-18-10-5-2-6-11-18/h1-6,8-11H,7,12-16H2,(H,24,25,28). The summed E-state index contributed by atoms with van der Waals surface area (Å²) in [5.41, 5.74) is 3.80. The van der Waals surface area contributed by atoms with Crippen LogP contribution in [0, 0.1) is 0 Å². The van der Waals surface area contributed by atoms with E-state index in [9.17, 15) is 9.59 Å². The summed E-state index contributed by atoms with van der Waals surface area (Å²) < 4.78 is 0. The molecule has 2 aromatic carbocycles. The van der Waals surface area contributed by atoms with Gasteiger partial charge in [-0.3, -0.25) is 9.59 Å². The number of carbonyl (C=O) groups excluding carboxylic acids is 1. The fourth-order valence-corrected chi connectivity index (χ4v) is 4.33. The van der Waals surface area contributed by atoms with Gasteiger partial charge in [0.25, 0.3) is 5.56 Å². The molecule has 3 aromatic rings. The number of aromatic amines is 1. The molecule has 1 heterocycles. The Labute approximate surface area is 174 Å². The molecular weight excluding hydrogens is 382 g/mol. The van der Waals surface area contributed by atoms with Crippen molar-refractivity contribution in [3.63, 3.8) is 0 Å². The molecule has 1 aliphatic carbocycles. The monoisotopic (exact) mass is 405 g/mol. The van der Waals surface area contributed by atoms with E-state index in [-0.39, 0.29) is 17.2 Å². The van der Waals surface area contributed by atoms with E-state index in [2.05, 4.69) is 9.97 Å². The van der Waals surface area contributed by atoms with Crippen LogP contribution >= 0.6 is 11.8 Å². The van der Waals surface area contributed by atoms with Gasteiger partial charge in [-0.05, 0) is 30.4 Å². The van der Waals surface area contributed by atoms with E-state index < -0.39 is 0 Å². The molecule has 1 aliphatic rings. The van der Waals surface area contributed by atoms with Gasteiger partial charge >= 0.3 is 0 Å². The lowest BCUT2D eigenvalue weighted by atomic mass is 10.1. The van der Waals surface area contributed by atoms with Crippen LogP contribution in [0.4, 0.5) is 0 Å². The number of nitrogens with one attached hydrogen (secondary N) is 1. The Kier molecular flexibility index (Phi) is 6.10. The molecule has 148 valence electrons. The van der Waals surface area contributed by atoms with Crippen LogP contribution in [0.3, 0.4) is 0 Å². The van der Waals surface area contributed by atoms with Crippen LogP contribution in [0.5, 0.6) is 0 Å². The Hall–Kier alpha value is -2.86. The number of hydrogen-bond donors (Lipinski definition) is 1. The summed E-state index contributed by atoms with van der Waals surface area (Å²) in [6.45, 7) is 1.09. The fourth-order valence-electron chi connectivity index (χ4n) is 3.55. The third-order valence-electron chi connectivity index (χ3n) is 5.04. The maximum absolute atomic E-state index is 13.0. The van der Waals surface area contributed by atoms with Gasteiger partial charge in [0.1, 0.15) is 0 Å². The first-order valence-corrected chi connectivity index (χ1v) is 10.8. The summed E-state index contributed by atoms with van der Waals surface area (Å²) >= 11 is 1.30. The van der Waals surface area contributed by atoms with Crippen LogP contribution in [0.1, 0.15) is 28.8 Å². The van der Waals surface area contributed by atoms with E-state index in [0.717, 1.165) is 41.6 Å². The van der Waals surface area contributed by atoms with Gasteiger partial charge in [-0.25, -0.2) is 4.98 Å². The summed E-state index contributed by atoms with van der Waals surface area (Å²) in [4.78, 5) is 34.4. The third-order valence-corrected chi connectivity index (χ3v) is 5.90. The van der Waals surface area contributed by atoms with E-state index in [4.69, 9.17) is 0 Å². The molecule has 0 aliphatic heterocycles. The van der Waals surface area contributed by atoms with Crippen molar-refractivity contribution in [2.45, 2.75) is 37.5 Å². The largest absolute Gasteiger partial charge is 0.333 e. The Morgan fingerprint density at radius 3 is 2.21 bits per heavy atom. The number of aromatic nitrogens is 2. The number of H-pyrrole nitrogens is 1. The van der Waals surface area contributed by atoms with Gasteiger partial charge in [-0.2, -0.15) is 0 Å². The Bertz CT molecular complexity index is 993. The molecule has 1 amide bonds. The van der Waals surface area contributed by atoms with Crippen LogP contribution in [-0.2, 0) is 30.7 Å². The van der Waals surface area contributed by atoms with Crippen molar-refractivity contribution >= 4 is 17.7 Å². The molecule has 0 saturated heterocycles. The summed E-state index contributed by atoms with van der Waals surface area (Å²) in [6, 6.07) is 20.0. The number of carbonyl (C=O) groups is 1. The number of benzene rings is 2. The van der Waals surface area contributed by atoms with Gasteiger partial charge in [0.05, 0.1) is 11.4 Å². The summed E-state index contributed by atoms with van der Waals surface area (Å²) in [6.07, 6.45) is 2.61. The molecule has 5 nitrogen and oxygen atoms in total. The second kappa shape index (κ2) is 9.09. The van der Waals surface area contributed by atoms with Crippen molar-refractivity contribution in [1.29, 1.82) is 0 Å². The van der Waals surface area contributed by atoms with E-state index in [1.165, 1.54) is 11.8 Å². The smallest absolute Gasteiger partial charge is 0.254 e. The van der Waals surface area contributed by atoms with Crippen LogP contribution in [0.25, 0.3) is 0 Å². The molecule has 4 rings (SSSR count). The zero-order valence-corrected chi connectivity index (χ0v) is 17.0. The van der Waals surface area contributed by atoms with E-state index >= 15 is 0 Å². The predicted octanol–water partition coefficient (Wildman–Crippen LogP) is 3.58. The van der Waals surface area contributed by atoms with E-state index in [0.29, 0.717) is 18.2 Å². The number of hydrogen-bond acceptors (Lipinski definition) is 4. The lowest BCUT2D eigenvalue weighted by Gasteiger charge is -2.23. The van der Waals surface area contributed by atoms with Gasteiger partial charge < -0.3 is 9.88 Å². The van der Waals surface area contributed by atoms with Gasteiger partial charge in [-0.15, -0.1) is 0 Å². The lowest BCUT2D eigenvalue weighted by molar-refractivity contribution is -0.129. The first kappa shape index (κ1) is 19.5. The molecule has 0 fully saturated rings. The molecule has 1 aromatic heterocycles. The number of thioether (sulfide) groups is 1. The molecule has 0 bridgehead atoms. The van der Waals surface area contributed by atoms with Crippen molar-refractivity contribution in [3.05, 3.63) is 93.4 Å². The third kappa shape index (κ3) is 4.95. The number of aryl methyl sites for hydroxylation is 1. The molecule has 0 atom stereocenters. The predicted molar refractivity (Wildman–Crippen MR) is 115 cm³/mol. The maximum Gasteiger partial charge on any atom is 0.254 e. The van der Waals surface area contributed by atoms with Crippen molar-refractivity contribution in [2.24, 2.45) is 0 Å². The van der Waals surface area contributed by atoms with Crippen molar-refractivity contribution in [1.82, 2.24) is 14.9 Å². The molecule has 0 saturated carbocycles. The number of nitrogens with zero attached hydrogens (tertiary/aromatic N) is 2. The Morgan fingerprint density at radius 1 is 0.966 bits per heavy atom. The SMILES string of the molecule is O=C(CSc1nc2c(c(=O)[nH]1)CCC2)N(Cc1ccccc1)Cc1ccccc1. The molecule has 6 heteroatoms. The molecule has 1 N–H and O–H groups in total. The Balaban J connectivity index is 1.47. The highest BCUT2D eigenvalue weighted by Gasteiger charge is 2.19. The summed E-state index contributed by atoms with van der Waals surface area (Å²) in [7, 11) is 0. The van der Waals surface area contributed by atoms with Crippen molar-refractivity contribution in [2.75, 3.05) is 5.75 Å². The van der Waals surface area contributed by atoms with Gasteiger partial charge in [0, 0.05) is 18.7 Å². The Morgan fingerprint density at radius 2 is 1.59 bits per heavy atom. The molecule has 0 unspecified atom stereocenters. The zero-order valence-electron chi connectivity index (χ0n) is 16.1. The highest BCUT2D eigenvalue weighted by Crippen LogP contribution is 2.20. The fraction of sp³-hybridized carbons (Fsp3) is 0.261. The topological polar surface area (TPSA) is 66.1 Å². The molecular formula is C23H23N3O2S. The number of amides is 1. The summed E-state index contributed by atoms with van der Waals surface area (Å²) in [5.74, 6) is 0.257.